The van der Waals surface area contributed by atoms with Gasteiger partial charge in [-0.3, -0.25) is 9.78 Å². The van der Waals surface area contributed by atoms with E-state index in [4.69, 9.17) is 4.98 Å². The van der Waals surface area contributed by atoms with Crippen molar-refractivity contribution in [1.82, 2.24) is 19.9 Å². The predicted molar refractivity (Wildman–Crippen MR) is 90.0 cm³/mol. The molecule has 2 heterocycles. The molecule has 1 aromatic carbocycles. The second kappa shape index (κ2) is 6.20. The fourth-order valence-electron chi connectivity index (χ4n) is 2.68. The molecule has 118 valence electrons. The van der Waals surface area contributed by atoms with E-state index >= 15 is 0 Å². The molecule has 0 spiro atoms. The third kappa shape index (κ3) is 2.95. The first-order valence-corrected chi connectivity index (χ1v) is 7.71. The Labute approximate surface area is 135 Å². The van der Waals surface area contributed by atoms with Gasteiger partial charge in [-0.1, -0.05) is 32.0 Å². The molecule has 1 amide bonds. The van der Waals surface area contributed by atoms with Crippen LogP contribution in [-0.2, 0) is 7.05 Å². The van der Waals surface area contributed by atoms with Crippen LogP contribution in [0.25, 0.3) is 11.0 Å². The molecule has 0 saturated heterocycles. The van der Waals surface area contributed by atoms with Gasteiger partial charge in [0.1, 0.15) is 11.5 Å². The molecule has 5 heteroatoms. The van der Waals surface area contributed by atoms with Crippen molar-refractivity contribution in [1.29, 1.82) is 0 Å². The lowest BCUT2D eigenvalue weighted by Crippen LogP contribution is -2.33. The molecular weight excluding hydrogens is 288 g/mol. The Morgan fingerprint density at radius 2 is 1.87 bits per heavy atom. The van der Waals surface area contributed by atoms with Crippen molar-refractivity contribution in [3.05, 3.63) is 60.2 Å². The Hall–Kier alpha value is -2.69. The molecule has 0 aliphatic heterocycles. The summed E-state index contributed by atoms with van der Waals surface area (Å²) < 4.78 is 2.04. The monoisotopic (exact) mass is 308 g/mol. The van der Waals surface area contributed by atoms with E-state index in [1.54, 1.807) is 24.4 Å². The van der Waals surface area contributed by atoms with Crippen molar-refractivity contribution in [2.75, 3.05) is 0 Å². The van der Waals surface area contributed by atoms with Gasteiger partial charge in [0.2, 0.25) is 0 Å². The molecular formula is C18H20N4O. The van der Waals surface area contributed by atoms with Gasteiger partial charge in [0.25, 0.3) is 5.91 Å². The van der Waals surface area contributed by atoms with Crippen LogP contribution in [0.2, 0.25) is 0 Å². The summed E-state index contributed by atoms with van der Waals surface area (Å²) >= 11 is 0. The molecule has 5 nitrogen and oxygen atoms in total. The summed E-state index contributed by atoms with van der Waals surface area (Å²) in [6.45, 7) is 4.14. The number of rotatable bonds is 4. The number of nitrogens with one attached hydrogen (secondary N) is 1. The zero-order chi connectivity index (χ0) is 16.4. The van der Waals surface area contributed by atoms with Crippen LogP contribution in [0.1, 0.15) is 36.2 Å². The van der Waals surface area contributed by atoms with Crippen LogP contribution in [0.3, 0.4) is 0 Å². The van der Waals surface area contributed by atoms with Crippen LogP contribution in [0.5, 0.6) is 0 Å². The van der Waals surface area contributed by atoms with Crippen LogP contribution in [-0.4, -0.2) is 20.4 Å². The van der Waals surface area contributed by atoms with Crippen LogP contribution in [0.15, 0.2) is 48.7 Å². The third-order valence-electron chi connectivity index (χ3n) is 3.95. The fraction of sp³-hybridized carbons (Fsp3) is 0.278. The number of para-hydroxylation sites is 2. The van der Waals surface area contributed by atoms with Gasteiger partial charge >= 0.3 is 0 Å². The van der Waals surface area contributed by atoms with Gasteiger partial charge in [0, 0.05) is 13.2 Å². The van der Waals surface area contributed by atoms with Crippen molar-refractivity contribution < 1.29 is 4.79 Å². The normalized spacial score (nSPS) is 12.5. The highest BCUT2D eigenvalue weighted by atomic mass is 16.1. The highest BCUT2D eigenvalue weighted by Gasteiger charge is 2.24. The summed E-state index contributed by atoms with van der Waals surface area (Å²) in [5.41, 5.74) is 2.40. The number of hydrogen-bond donors (Lipinski definition) is 1. The summed E-state index contributed by atoms with van der Waals surface area (Å²) in [6, 6.07) is 13.1. The van der Waals surface area contributed by atoms with Crippen LogP contribution in [0.4, 0.5) is 0 Å². The first-order chi connectivity index (χ1) is 11.1. The molecule has 0 saturated carbocycles. The lowest BCUT2D eigenvalue weighted by Gasteiger charge is -2.22. The number of benzene rings is 1. The molecule has 2 aromatic heterocycles. The van der Waals surface area contributed by atoms with Crippen molar-refractivity contribution in [3.8, 4) is 0 Å². The molecule has 3 rings (SSSR count). The number of fused-ring (bicyclic) bond motifs is 1. The number of nitrogens with zero attached hydrogens (tertiary/aromatic N) is 3. The Balaban J connectivity index is 1.95. The van der Waals surface area contributed by atoms with Crippen LogP contribution < -0.4 is 5.32 Å². The molecule has 1 N–H and O–H groups in total. The van der Waals surface area contributed by atoms with Crippen molar-refractivity contribution in [3.63, 3.8) is 0 Å². The minimum atomic E-state index is -0.184. The third-order valence-corrected chi connectivity index (χ3v) is 3.95. The SMILES string of the molecule is CC(C)[C@@H](NC(=O)c1ccccn1)c1nc2ccccc2n1C. The standard InChI is InChI=1S/C18H20N4O/c1-12(2)16(21-18(23)14-9-6-7-11-19-14)17-20-13-8-4-5-10-15(13)22(17)3/h4-12,16H,1-3H3,(H,21,23)/t16-/m1/s1. The Morgan fingerprint density at radius 1 is 1.13 bits per heavy atom. The zero-order valence-electron chi connectivity index (χ0n) is 13.5. The summed E-state index contributed by atoms with van der Waals surface area (Å²) in [5.74, 6) is 0.875. The predicted octanol–water partition coefficient (Wildman–Crippen LogP) is 3.10. The fourth-order valence-corrected chi connectivity index (χ4v) is 2.68. The average molecular weight is 308 g/mol. The molecule has 0 unspecified atom stereocenters. The van der Waals surface area contributed by atoms with Crippen molar-refractivity contribution >= 4 is 16.9 Å². The maximum absolute atomic E-state index is 12.4. The quantitative estimate of drug-likeness (QED) is 0.805. The minimum Gasteiger partial charge on any atom is -0.340 e. The van der Waals surface area contributed by atoms with E-state index in [0.717, 1.165) is 16.9 Å². The number of pyridine rings is 1. The lowest BCUT2D eigenvalue weighted by molar-refractivity contribution is 0.0917. The maximum Gasteiger partial charge on any atom is 0.270 e. The Morgan fingerprint density at radius 3 is 2.52 bits per heavy atom. The number of carbonyl (C=O) groups is 1. The summed E-state index contributed by atoms with van der Waals surface area (Å²) in [7, 11) is 1.98. The molecule has 0 aliphatic carbocycles. The maximum atomic E-state index is 12.4. The molecule has 0 aliphatic rings. The lowest BCUT2D eigenvalue weighted by atomic mass is 10.0. The number of imidazole rings is 1. The largest absolute Gasteiger partial charge is 0.340 e. The molecule has 0 fully saturated rings. The summed E-state index contributed by atoms with van der Waals surface area (Å²) in [5, 5.41) is 3.07. The number of aromatic nitrogens is 3. The number of aryl methyl sites for hydroxylation is 1. The van der Waals surface area contributed by atoms with E-state index in [1.165, 1.54) is 0 Å². The van der Waals surface area contributed by atoms with Crippen molar-refractivity contribution in [2.24, 2.45) is 13.0 Å². The van der Waals surface area contributed by atoms with Gasteiger partial charge in [-0.15, -0.1) is 0 Å². The van der Waals surface area contributed by atoms with Gasteiger partial charge in [-0.25, -0.2) is 4.98 Å². The van der Waals surface area contributed by atoms with E-state index < -0.39 is 0 Å². The average Bonchev–Trinajstić information content (AvgIpc) is 2.90. The molecule has 0 bridgehead atoms. The van der Waals surface area contributed by atoms with E-state index in [1.807, 2.05) is 35.9 Å². The van der Waals surface area contributed by atoms with E-state index in [2.05, 4.69) is 24.1 Å². The van der Waals surface area contributed by atoms with Gasteiger partial charge < -0.3 is 9.88 Å². The second-order valence-corrected chi connectivity index (χ2v) is 5.93. The Bertz CT molecular complexity index is 823. The molecule has 23 heavy (non-hydrogen) atoms. The molecule has 1 atom stereocenters. The number of amides is 1. The first kappa shape index (κ1) is 15.2. The van der Waals surface area contributed by atoms with Crippen molar-refractivity contribution in [2.45, 2.75) is 19.9 Å². The molecule has 0 radical (unpaired) electrons. The van der Waals surface area contributed by atoms with E-state index in [0.29, 0.717) is 5.69 Å². The summed E-state index contributed by atoms with van der Waals surface area (Å²) in [4.78, 5) is 21.3. The smallest absolute Gasteiger partial charge is 0.270 e. The van der Waals surface area contributed by atoms with E-state index in [9.17, 15) is 4.79 Å². The van der Waals surface area contributed by atoms with Crippen LogP contribution >= 0.6 is 0 Å². The topological polar surface area (TPSA) is 59.8 Å². The number of carbonyl (C=O) groups excluding carboxylic acids is 1. The van der Waals surface area contributed by atoms with E-state index in [-0.39, 0.29) is 17.9 Å². The highest BCUT2D eigenvalue weighted by molar-refractivity contribution is 5.92. The second-order valence-electron chi connectivity index (χ2n) is 5.93. The highest BCUT2D eigenvalue weighted by Crippen LogP contribution is 2.25. The first-order valence-electron chi connectivity index (χ1n) is 7.71. The number of hydrogen-bond acceptors (Lipinski definition) is 3. The van der Waals surface area contributed by atoms with Gasteiger partial charge in [-0.05, 0) is 30.2 Å². The Kier molecular flexibility index (Phi) is 4.10. The molecule has 3 aromatic rings. The van der Waals surface area contributed by atoms with Crippen LogP contribution in [0, 0.1) is 5.92 Å². The summed E-state index contributed by atoms with van der Waals surface area (Å²) in [6.07, 6.45) is 1.62. The zero-order valence-corrected chi connectivity index (χ0v) is 13.5. The van der Waals surface area contributed by atoms with Gasteiger partial charge in [0.15, 0.2) is 0 Å². The minimum absolute atomic E-state index is 0.179. The van der Waals surface area contributed by atoms with Gasteiger partial charge in [0.05, 0.1) is 17.1 Å². The van der Waals surface area contributed by atoms with Gasteiger partial charge in [-0.2, -0.15) is 0 Å².